The number of nitrogens with one attached hydrogen (secondary N) is 1. The second kappa shape index (κ2) is 7.03. The van der Waals surface area contributed by atoms with E-state index in [0.717, 1.165) is 34.0 Å². The normalized spacial score (nSPS) is 25.0. The van der Waals surface area contributed by atoms with Gasteiger partial charge in [0.2, 0.25) is 5.91 Å². The number of carbonyl (C=O) groups is 1. The van der Waals surface area contributed by atoms with E-state index in [1.807, 2.05) is 24.4 Å². The summed E-state index contributed by atoms with van der Waals surface area (Å²) in [6.45, 7) is 3.09. The summed E-state index contributed by atoms with van der Waals surface area (Å²) in [5.74, 6) is 1.24. The van der Waals surface area contributed by atoms with Crippen LogP contribution in [0.25, 0.3) is 10.9 Å². The highest BCUT2D eigenvalue weighted by Gasteiger charge is 2.36. The third-order valence-electron chi connectivity index (χ3n) is 6.26. The maximum atomic E-state index is 13.1. The summed E-state index contributed by atoms with van der Waals surface area (Å²) < 4.78 is 0. The highest BCUT2D eigenvalue weighted by atomic mass is 35.5. The van der Waals surface area contributed by atoms with Crippen LogP contribution in [0.15, 0.2) is 24.4 Å². The van der Waals surface area contributed by atoms with Gasteiger partial charge in [0.05, 0.1) is 5.02 Å². The van der Waals surface area contributed by atoms with E-state index in [1.54, 1.807) is 0 Å². The number of amides is 1. The van der Waals surface area contributed by atoms with E-state index in [0.29, 0.717) is 18.4 Å². The molecule has 0 spiro atoms. The van der Waals surface area contributed by atoms with Crippen molar-refractivity contribution in [2.75, 3.05) is 6.54 Å². The highest BCUT2D eigenvalue weighted by Crippen LogP contribution is 2.37. The van der Waals surface area contributed by atoms with E-state index >= 15 is 0 Å². The molecule has 1 saturated heterocycles. The number of hydrogen-bond donors (Lipinski definition) is 1. The van der Waals surface area contributed by atoms with Gasteiger partial charge in [-0.05, 0) is 55.2 Å². The molecular weight excluding hydrogens is 332 g/mol. The maximum Gasteiger partial charge on any atom is 0.223 e. The third-order valence-corrected chi connectivity index (χ3v) is 6.58. The van der Waals surface area contributed by atoms with E-state index in [9.17, 15) is 4.79 Å². The van der Waals surface area contributed by atoms with Crippen LogP contribution >= 0.6 is 11.6 Å². The minimum absolute atomic E-state index is 0.171. The molecule has 1 aliphatic carbocycles. The topological polar surface area (TPSA) is 36.1 Å². The van der Waals surface area contributed by atoms with E-state index < -0.39 is 0 Å². The SMILES string of the molecule is CC(CC(=O)N1CCCC2CCCCC21)c1c[nH]c2cccc(Cl)c12. The largest absolute Gasteiger partial charge is 0.361 e. The Hall–Kier alpha value is -1.48. The minimum Gasteiger partial charge on any atom is -0.361 e. The monoisotopic (exact) mass is 358 g/mol. The smallest absolute Gasteiger partial charge is 0.223 e. The van der Waals surface area contributed by atoms with Gasteiger partial charge in [0.15, 0.2) is 0 Å². The van der Waals surface area contributed by atoms with Crippen molar-refractivity contribution in [3.8, 4) is 0 Å². The lowest BCUT2D eigenvalue weighted by molar-refractivity contribution is -0.137. The Morgan fingerprint density at radius 1 is 1.28 bits per heavy atom. The molecule has 4 rings (SSSR count). The number of likely N-dealkylation sites (tertiary alicyclic amines) is 1. The molecule has 2 aromatic rings. The van der Waals surface area contributed by atoms with Crippen LogP contribution in [0.5, 0.6) is 0 Å². The van der Waals surface area contributed by atoms with Gasteiger partial charge >= 0.3 is 0 Å². The molecule has 1 N–H and O–H groups in total. The third kappa shape index (κ3) is 3.19. The maximum absolute atomic E-state index is 13.1. The van der Waals surface area contributed by atoms with Gasteiger partial charge in [-0.1, -0.05) is 37.4 Å². The van der Waals surface area contributed by atoms with Crippen molar-refractivity contribution < 1.29 is 4.79 Å². The number of piperidine rings is 1. The Labute approximate surface area is 154 Å². The number of halogens is 1. The lowest BCUT2D eigenvalue weighted by atomic mass is 9.78. The van der Waals surface area contributed by atoms with Gasteiger partial charge in [0.25, 0.3) is 0 Å². The van der Waals surface area contributed by atoms with E-state index in [1.165, 1.54) is 38.5 Å². The molecule has 2 fully saturated rings. The summed E-state index contributed by atoms with van der Waals surface area (Å²) in [4.78, 5) is 18.6. The number of aromatic nitrogens is 1. The zero-order valence-corrected chi connectivity index (χ0v) is 15.7. The molecule has 1 aliphatic heterocycles. The first-order valence-corrected chi connectivity index (χ1v) is 10.1. The van der Waals surface area contributed by atoms with E-state index in [4.69, 9.17) is 11.6 Å². The van der Waals surface area contributed by atoms with Crippen LogP contribution in [-0.4, -0.2) is 28.4 Å². The molecule has 0 radical (unpaired) electrons. The summed E-state index contributed by atoms with van der Waals surface area (Å²) >= 11 is 6.41. The Morgan fingerprint density at radius 2 is 2.08 bits per heavy atom. The fourth-order valence-electron chi connectivity index (χ4n) is 4.98. The van der Waals surface area contributed by atoms with Crippen LogP contribution in [-0.2, 0) is 4.79 Å². The van der Waals surface area contributed by atoms with Crippen molar-refractivity contribution in [3.63, 3.8) is 0 Å². The Morgan fingerprint density at radius 3 is 2.96 bits per heavy atom. The van der Waals surface area contributed by atoms with Gasteiger partial charge in [0.1, 0.15) is 0 Å². The molecule has 134 valence electrons. The summed E-state index contributed by atoms with van der Waals surface area (Å²) in [7, 11) is 0. The molecule has 3 atom stereocenters. The fourth-order valence-corrected chi connectivity index (χ4v) is 5.26. The van der Waals surface area contributed by atoms with Crippen LogP contribution < -0.4 is 0 Å². The second-order valence-corrected chi connectivity index (χ2v) is 8.26. The number of benzene rings is 1. The van der Waals surface area contributed by atoms with Crippen molar-refractivity contribution >= 4 is 28.4 Å². The zero-order valence-electron chi connectivity index (χ0n) is 14.9. The van der Waals surface area contributed by atoms with Gasteiger partial charge in [0, 0.05) is 36.1 Å². The molecule has 1 aromatic heterocycles. The lowest BCUT2D eigenvalue weighted by Gasteiger charge is -2.44. The van der Waals surface area contributed by atoms with Crippen LogP contribution in [0.4, 0.5) is 0 Å². The summed E-state index contributed by atoms with van der Waals surface area (Å²) in [6.07, 6.45) is 10.2. The number of aromatic amines is 1. The van der Waals surface area contributed by atoms with Crippen LogP contribution in [0, 0.1) is 5.92 Å². The molecule has 25 heavy (non-hydrogen) atoms. The van der Waals surface area contributed by atoms with E-state index in [2.05, 4.69) is 16.8 Å². The first-order valence-electron chi connectivity index (χ1n) is 9.70. The minimum atomic E-state index is 0.171. The zero-order chi connectivity index (χ0) is 17.4. The highest BCUT2D eigenvalue weighted by molar-refractivity contribution is 6.35. The molecule has 1 saturated carbocycles. The summed E-state index contributed by atoms with van der Waals surface area (Å²) in [5.41, 5.74) is 2.21. The van der Waals surface area contributed by atoms with Gasteiger partial charge in [-0.3, -0.25) is 4.79 Å². The van der Waals surface area contributed by atoms with Gasteiger partial charge in [-0.25, -0.2) is 0 Å². The number of fused-ring (bicyclic) bond motifs is 2. The molecule has 1 amide bonds. The predicted octanol–water partition coefficient (Wildman–Crippen LogP) is 5.50. The molecular formula is C21H27ClN2O. The fraction of sp³-hybridized carbons (Fsp3) is 0.571. The number of carbonyl (C=O) groups excluding carboxylic acids is 1. The summed E-state index contributed by atoms with van der Waals surface area (Å²) in [5, 5.41) is 1.83. The predicted molar refractivity (Wildman–Crippen MR) is 103 cm³/mol. The van der Waals surface area contributed by atoms with Gasteiger partial charge < -0.3 is 9.88 Å². The number of nitrogens with zero attached hydrogens (tertiary/aromatic N) is 1. The Kier molecular flexibility index (Phi) is 4.77. The van der Waals surface area contributed by atoms with Crippen molar-refractivity contribution in [1.82, 2.24) is 9.88 Å². The average Bonchev–Trinajstić information content (AvgIpc) is 3.07. The standard InChI is InChI=1S/C21H27ClN2O/c1-14(16-13-23-18-9-4-8-17(22)21(16)18)12-20(25)24-11-5-7-15-6-2-3-10-19(15)24/h4,8-9,13-15,19,23H,2-3,5-7,10-12H2,1H3. The molecule has 3 unspecified atom stereocenters. The second-order valence-electron chi connectivity index (χ2n) is 7.85. The molecule has 0 bridgehead atoms. The van der Waals surface area contributed by atoms with Crippen molar-refractivity contribution in [3.05, 3.63) is 35.0 Å². The molecule has 1 aromatic carbocycles. The van der Waals surface area contributed by atoms with Crippen LogP contribution in [0.2, 0.25) is 5.02 Å². The van der Waals surface area contributed by atoms with Crippen LogP contribution in [0.3, 0.4) is 0 Å². The lowest BCUT2D eigenvalue weighted by Crippen LogP contribution is -2.49. The van der Waals surface area contributed by atoms with Gasteiger partial charge in [-0.15, -0.1) is 0 Å². The van der Waals surface area contributed by atoms with Crippen LogP contribution in [0.1, 0.15) is 63.4 Å². The first kappa shape index (κ1) is 17.0. The molecule has 4 heteroatoms. The number of hydrogen-bond acceptors (Lipinski definition) is 1. The average molecular weight is 359 g/mol. The number of H-pyrrole nitrogens is 1. The quantitative estimate of drug-likeness (QED) is 0.773. The Bertz CT molecular complexity index is 766. The molecule has 2 aliphatic rings. The van der Waals surface area contributed by atoms with Crippen molar-refractivity contribution in [2.24, 2.45) is 5.92 Å². The Balaban J connectivity index is 1.51. The number of rotatable bonds is 3. The molecule has 3 nitrogen and oxygen atoms in total. The van der Waals surface area contributed by atoms with Crippen molar-refractivity contribution in [2.45, 2.75) is 63.8 Å². The summed E-state index contributed by atoms with van der Waals surface area (Å²) in [6, 6.07) is 6.41. The van der Waals surface area contributed by atoms with Gasteiger partial charge in [-0.2, -0.15) is 0 Å². The first-order chi connectivity index (χ1) is 12.1. The van der Waals surface area contributed by atoms with E-state index in [-0.39, 0.29) is 5.92 Å². The van der Waals surface area contributed by atoms with Crippen molar-refractivity contribution in [1.29, 1.82) is 0 Å². The molecule has 2 heterocycles.